The third-order valence-electron chi connectivity index (χ3n) is 4.52. The summed E-state index contributed by atoms with van der Waals surface area (Å²) in [6.45, 7) is 3.13. The number of anilines is 1. The first kappa shape index (κ1) is 17.4. The maximum absolute atomic E-state index is 11.9. The van der Waals surface area contributed by atoms with Crippen molar-refractivity contribution in [3.05, 3.63) is 59.8 Å². The summed E-state index contributed by atoms with van der Waals surface area (Å²) in [5.41, 5.74) is 1.97. The predicted octanol–water partition coefficient (Wildman–Crippen LogP) is 2.86. The second kappa shape index (κ2) is 8.12. The normalized spacial score (nSPS) is 17.9. The lowest BCUT2D eigenvalue weighted by Crippen LogP contribution is -2.41. The highest BCUT2D eigenvalue weighted by molar-refractivity contribution is 5.93. The van der Waals surface area contributed by atoms with Crippen molar-refractivity contribution in [1.82, 2.24) is 14.8 Å². The zero-order valence-corrected chi connectivity index (χ0v) is 15.0. The Labute approximate surface area is 149 Å². The molecule has 1 fully saturated rings. The molecule has 0 spiro atoms. The molecule has 1 aliphatic heterocycles. The lowest BCUT2D eigenvalue weighted by atomic mass is 10.0. The van der Waals surface area contributed by atoms with Crippen molar-refractivity contribution in [2.45, 2.75) is 25.4 Å². The summed E-state index contributed by atoms with van der Waals surface area (Å²) in [5, 5.41) is 3.51. The Bertz CT molecular complexity index is 685. The first-order chi connectivity index (χ1) is 12.1. The van der Waals surface area contributed by atoms with Crippen molar-refractivity contribution in [2.75, 3.05) is 32.5 Å². The number of hydrogen-bond acceptors (Lipinski definition) is 4. The van der Waals surface area contributed by atoms with Crippen LogP contribution in [0.4, 0.5) is 5.82 Å². The molecule has 2 heterocycles. The van der Waals surface area contributed by atoms with Crippen LogP contribution in [0.1, 0.15) is 28.8 Å². The molecule has 132 valence electrons. The van der Waals surface area contributed by atoms with Gasteiger partial charge in [0.2, 0.25) is 0 Å². The predicted molar refractivity (Wildman–Crippen MR) is 101 cm³/mol. The second-order valence-corrected chi connectivity index (χ2v) is 6.84. The Kier molecular flexibility index (Phi) is 5.66. The quantitative estimate of drug-likeness (QED) is 0.911. The molecule has 5 heteroatoms. The van der Waals surface area contributed by atoms with Crippen LogP contribution in [0.2, 0.25) is 0 Å². The van der Waals surface area contributed by atoms with Crippen LogP contribution in [0.5, 0.6) is 0 Å². The van der Waals surface area contributed by atoms with Crippen LogP contribution in [0.3, 0.4) is 0 Å². The summed E-state index contributed by atoms with van der Waals surface area (Å²) < 4.78 is 0. The Morgan fingerprint density at radius 2 is 2.04 bits per heavy atom. The minimum Gasteiger partial charge on any atom is -0.366 e. The molecule has 0 aliphatic carbocycles. The highest BCUT2D eigenvalue weighted by atomic mass is 16.2. The number of hydrogen-bond donors (Lipinski definition) is 1. The molecule has 2 aromatic rings. The van der Waals surface area contributed by atoms with Gasteiger partial charge >= 0.3 is 0 Å². The van der Waals surface area contributed by atoms with E-state index in [9.17, 15) is 4.79 Å². The van der Waals surface area contributed by atoms with E-state index < -0.39 is 0 Å². The van der Waals surface area contributed by atoms with Crippen molar-refractivity contribution >= 4 is 11.7 Å². The Balaban J connectivity index is 1.56. The fourth-order valence-electron chi connectivity index (χ4n) is 3.23. The number of amides is 1. The van der Waals surface area contributed by atoms with E-state index in [0.29, 0.717) is 11.6 Å². The van der Waals surface area contributed by atoms with Gasteiger partial charge in [0.05, 0.1) is 5.56 Å². The van der Waals surface area contributed by atoms with Gasteiger partial charge in [-0.3, -0.25) is 9.69 Å². The molecule has 1 saturated heterocycles. The van der Waals surface area contributed by atoms with Crippen LogP contribution in [0.25, 0.3) is 0 Å². The number of nitrogens with one attached hydrogen (secondary N) is 1. The maximum Gasteiger partial charge on any atom is 0.254 e. The van der Waals surface area contributed by atoms with E-state index in [4.69, 9.17) is 0 Å². The molecule has 1 aromatic carbocycles. The van der Waals surface area contributed by atoms with E-state index in [0.717, 1.165) is 31.9 Å². The average molecular weight is 338 g/mol. The number of likely N-dealkylation sites (tertiary alicyclic amines) is 1. The number of rotatable bonds is 5. The number of aromatic nitrogens is 1. The summed E-state index contributed by atoms with van der Waals surface area (Å²) >= 11 is 0. The van der Waals surface area contributed by atoms with Gasteiger partial charge < -0.3 is 10.2 Å². The van der Waals surface area contributed by atoms with E-state index in [2.05, 4.69) is 45.5 Å². The number of pyridine rings is 1. The van der Waals surface area contributed by atoms with Crippen LogP contribution in [0.15, 0.2) is 48.7 Å². The molecule has 0 bridgehead atoms. The van der Waals surface area contributed by atoms with Crippen LogP contribution in [-0.2, 0) is 6.54 Å². The standard InChI is InChI=1S/C20H26N4O/c1-23(2)20(25)17-10-11-19(21-13-17)22-18-9-6-12-24(15-18)14-16-7-4-3-5-8-16/h3-5,7-8,10-11,13,18H,6,9,12,14-15H2,1-2H3,(H,21,22). The highest BCUT2D eigenvalue weighted by Gasteiger charge is 2.20. The van der Waals surface area contributed by atoms with Gasteiger partial charge in [0, 0.05) is 39.4 Å². The molecule has 1 N–H and O–H groups in total. The summed E-state index contributed by atoms with van der Waals surface area (Å²) in [6.07, 6.45) is 3.97. The van der Waals surface area contributed by atoms with Gasteiger partial charge in [-0.1, -0.05) is 30.3 Å². The Hall–Kier alpha value is -2.40. The van der Waals surface area contributed by atoms with Crippen LogP contribution in [-0.4, -0.2) is 53.9 Å². The molecule has 0 radical (unpaired) electrons. The molecular formula is C20H26N4O. The number of carbonyl (C=O) groups excluding carboxylic acids is 1. The topological polar surface area (TPSA) is 48.5 Å². The monoisotopic (exact) mass is 338 g/mol. The fourth-order valence-corrected chi connectivity index (χ4v) is 3.23. The number of nitrogens with zero attached hydrogens (tertiary/aromatic N) is 3. The highest BCUT2D eigenvalue weighted by Crippen LogP contribution is 2.17. The summed E-state index contributed by atoms with van der Waals surface area (Å²) in [6, 6.07) is 14.7. The van der Waals surface area contributed by atoms with E-state index in [1.807, 2.05) is 12.1 Å². The van der Waals surface area contributed by atoms with Crippen molar-refractivity contribution in [3.8, 4) is 0 Å². The van der Waals surface area contributed by atoms with Crippen molar-refractivity contribution < 1.29 is 4.79 Å². The van der Waals surface area contributed by atoms with Crippen LogP contribution < -0.4 is 5.32 Å². The van der Waals surface area contributed by atoms with Crippen molar-refractivity contribution in [3.63, 3.8) is 0 Å². The molecule has 1 unspecified atom stereocenters. The second-order valence-electron chi connectivity index (χ2n) is 6.84. The number of carbonyl (C=O) groups is 1. The first-order valence-electron chi connectivity index (χ1n) is 8.82. The summed E-state index contributed by atoms with van der Waals surface area (Å²) in [4.78, 5) is 20.4. The third kappa shape index (κ3) is 4.79. The van der Waals surface area contributed by atoms with Crippen molar-refractivity contribution in [2.24, 2.45) is 0 Å². The van der Waals surface area contributed by atoms with Gasteiger partial charge in [-0.15, -0.1) is 0 Å². The first-order valence-corrected chi connectivity index (χ1v) is 8.82. The molecule has 0 saturated carbocycles. The van der Waals surface area contributed by atoms with Gasteiger partial charge in [-0.05, 0) is 37.1 Å². The molecule has 25 heavy (non-hydrogen) atoms. The number of piperidine rings is 1. The minimum atomic E-state index is -0.0225. The van der Waals surface area contributed by atoms with Crippen molar-refractivity contribution in [1.29, 1.82) is 0 Å². The SMILES string of the molecule is CN(C)C(=O)c1ccc(NC2CCCN(Cc3ccccc3)C2)nc1. The van der Waals surface area contributed by atoms with E-state index >= 15 is 0 Å². The maximum atomic E-state index is 11.9. The molecular weight excluding hydrogens is 312 g/mol. The fraction of sp³-hybridized carbons (Fsp3) is 0.400. The molecule has 1 aromatic heterocycles. The lowest BCUT2D eigenvalue weighted by Gasteiger charge is -2.33. The van der Waals surface area contributed by atoms with Crippen LogP contribution >= 0.6 is 0 Å². The van der Waals surface area contributed by atoms with Crippen LogP contribution in [0, 0.1) is 0 Å². The number of benzene rings is 1. The largest absolute Gasteiger partial charge is 0.366 e. The summed E-state index contributed by atoms with van der Waals surface area (Å²) in [7, 11) is 3.50. The van der Waals surface area contributed by atoms with Gasteiger partial charge in [0.25, 0.3) is 5.91 Å². The minimum absolute atomic E-state index is 0.0225. The summed E-state index contributed by atoms with van der Waals surface area (Å²) in [5.74, 6) is 0.813. The Morgan fingerprint density at radius 1 is 1.24 bits per heavy atom. The zero-order valence-electron chi connectivity index (χ0n) is 15.0. The van der Waals surface area contributed by atoms with E-state index in [1.54, 1.807) is 25.2 Å². The molecule has 5 nitrogen and oxygen atoms in total. The van der Waals surface area contributed by atoms with E-state index in [1.165, 1.54) is 12.0 Å². The van der Waals surface area contributed by atoms with Gasteiger partial charge in [0.1, 0.15) is 5.82 Å². The van der Waals surface area contributed by atoms with Gasteiger partial charge in [-0.2, -0.15) is 0 Å². The van der Waals surface area contributed by atoms with E-state index in [-0.39, 0.29) is 5.91 Å². The zero-order chi connectivity index (χ0) is 17.6. The molecule has 1 amide bonds. The third-order valence-corrected chi connectivity index (χ3v) is 4.52. The average Bonchev–Trinajstić information content (AvgIpc) is 2.63. The Morgan fingerprint density at radius 3 is 2.72 bits per heavy atom. The molecule has 3 rings (SSSR count). The van der Waals surface area contributed by atoms with Gasteiger partial charge in [-0.25, -0.2) is 4.98 Å². The lowest BCUT2D eigenvalue weighted by molar-refractivity contribution is 0.0827. The van der Waals surface area contributed by atoms with Gasteiger partial charge in [0.15, 0.2) is 0 Å². The molecule has 1 aliphatic rings. The molecule has 1 atom stereocenters. The smallest absolute Gasteiger partial charge is 0.254 e.